The molecule has 0 amide bonds. The Labute approximate surface area is 58.0 Å². The molecule has 1 aromatic rings. The first-order chi connectivity index (χ1) is 4.77. The van der Waals surface area contributed by atoms with Gasteiger partial charge in [-0.2, -0.15) is 10.5 Å². The summed E-state index contributed by atoms with van der Waals surface area (Å²) in [5.41, 5.74) is 0.277. The van der Waals surface area contributed by atoms with Crippen molar-refractivity contribution >= 4 is 0 Å². The second kappa shape index (κ2) is 2.20. The SMILES string of the molecule is Cn1cc(C#N)nc1C#N. The van der Waals surface area contributed by atoms with E-state index >= 15 is 0 Å². The molecule has 0 spiro atoms. The number of aryl methyl sites for hydroxylation is 1. The topological polar surface area (TPSA) is 65.4 Å². The Balaban J connectivity index is 3.23. The summed E-state index contributed by atoms with van der Waals surface area (Å²) in [6.07, 6.45) is 1.51. The predicted molar refractivity (Wildman–Crippen MR) is 32.6 cm³/mol. The van der Waals surface area contributed by atoms with Crippen LogP contribution in [-0.4, -0.2) is 9.55 Å². The molecule has 1 aromatic heterocycles. The standard InChI is InChI=1S/C6H4N4/c1-10-4-5(2-7)9-6(10)3-8/h4H,1H3. The van der Waals surface area contributed by atoms with Crippen LogP contribution in [0.2, 0.25) is 0 Å². The molecule has 0 fully saturated rings. The van der Waals surface area contributed by atoms with Gasteiger partial charge in [-0.3, -0.25) is 0 Å². The van der Waals surface area contributed by atoms with Crippen LogP contribution in [-0.2, 0) is 7.05 Å². The van der Waals surface area contributed by atoms with E-state index in [0.717, 1.165) is 0 Å². The highest BCUT2D eigenvalue weighted by Crippen LogP contribution is 1.96. The summed E-state index contributed by atoms with van der Waals surface area (Å²) in [6, 6.07) is 3.69. The van der Waals surface area contributed by atoms with E-state index in [4.69, 9.17) is 10.5 Å². The molecule has 0 bridgehead atoms. The molecule has 1 heterocycles. The Bertz CT molecular complexity index is 322. The zero-order valence-corrected chi connectivity index (χ0v) is 5.37. The van der Waals surface area contributed by atoms with Crippen LogP contribution < -0.4 is 0 Å². The van der Waals surface area contributed by atoms with Crippen LogP contribution in [0.25, 0.3) is 0 Å². The van der Waals surface area contributed by atoms with E-state index in [-0.39, 0.29) is 11.5 Å². The van der Waals surface area contributed by atoms with Gasteiger partial charge in [0.25, 0.3) is 0 Å². The average molecular weight is 132 g/mol. The van der Waals surface area contributed by atoms with E-state index in [1.807, 2.05) is 12.1 Å². The van der Waals surface area contributed by atoms with Gasteiger partial charge in [-0.25, -0.2) is 4.98 Å². The van der Waals surface area contributed by atoms with Crippen molar-refractivity contribution in [1.82, 2.24) is 9.55 Å². The molecule has 0 radical (unpaired) electrons. The smallest absolute Gasteiger partial charge is 0.213 e. The Kier molecular flexibility index (Phi) is 1.39. The van der Waals surface area contributed by atoms with E-state index in [0.29, 0.717) is 0 Å². The number of imidazole rings is 1. The van der Waals surface area contributed by atoms with Crippen LogP contribution in [0.4, 0.5) is 0 Å². The monoisotopic (exact) mass is 132 g/mol. The lowest BCUT2D eigenvalue weighted by Gasteiger charge is -1.84. The van der Waals surface area contributed by atoms with E-state index in [2.05, 4.69) is 4.98 Å². The van der Waals surface area contributed by atoms with Gasteiger partial charge in [0.05, 0.1) is 0 Å². The third-order valence-electron chi connectivity index (χ3n) is 1.09. The van der Waals surface area contributed by atoms with Gasteiger partial charge in [-0.1, -0.05) is 0 Å². The minimum Gasteiger partial charge on any atom is -0.324 e. The van der Waals surface area contributed by atoms with Crippen molar-refractivity contribution in [3.63, 3.8) is 0 Å². The van der Waals surface area contributed by atoms with E-state index in [1.165, 1.54) is 10.8 Å². The van der Waals surface area contributed by atoms with Crippen LogP contribution in [0.5, 0.6) is 0 Å². The molecule has 1 rings (SSSR count). The third kappa shape index (κ3) is 0.828. The Hall–Kier alpha value is -1.81. The summed E-state index contributed by atoms with van der Waals surface area (Å²) in [4.78, 5) is 3.69. The molecule has 0 atom stereocenters. The fourth-order valence-corrected chi connectivity index (χ4v) is 0.624. The van der Waals surface area contributed by atoms with Crippen LogP contribution in [0.1, 0.15) is 11.5 Å². The zero-order valence-electron chi connectivity index (χ0n) is 5.37. The molecule has 48 valence electrons. The highest BCUT2D eigenvalue weighted by atomic mass is 15.0. The first-order valence-corrected chi connectivity index (χ1v) is 2.61. The van der Waals surface area contributed by atoms with Crippen molar-refractivity contribution < 1.29 is 0 Å². The quantitative estimate of drug-likeness (QED) is 0.505. The van der Waals surface area contributed by atoms with E-state index in [1.54, 1.807) is 7.05 Å². The molecule has 0 aliphatic carbocycles. The normalized spacial score (nSPS) is 8.30. The Morgan fingerprint density at radius 1 is 1.50 bits per heavy atom. The number of nitrogens with zero attached hydrogens (tertiary/aromatic N) is 4. The summed E-state index contributed by atoms with van der Waals surface area (Å²) in [5.74, 6) is 0.261. The Morgan fingerprint density at radius 2 is 2.20 bits per heavy atom. The van der Waals surface area contributed by atoms with Gasteiger partial charge in [-0.05, 0) is 0 Å². The average Bonchev–Trinajstić information content (AvgIpc) is 2.30. The van der Waals surface area contributed by atoms with Crippen molar-refractivity contribution in [2.75, 3.05) is 0 Å². The summed E-state index contributed by atoms with van der Waals surface area (Å²) in [5, 5.41) is 16.7. The molecular weight excluding hydrogens is 128 g/mol. The van der Waals surface area contributed by atoms with E-state index in [9.17, 15) is 0 Å². The lowest BCUT2D eigenvalue weighted by atomic mass is 10.5. The van der Waals surface area contributed by atoms with Gasteiger partial charge >= 0.3 is 0 Å². The molecule has 4 nitrogen and oxygen atoms in total. The second-order valence-electron chi connectivity index (χ2n) is 1.78. The van der Waals surface area contributed by atoms with E-state index < -0.39 is 0 Å². The van der Waals surface area contributed by atoms with Crippen molar-refractivity contribution in [3.05, 3.63) is 17.7 Å². The predicted octanol–water partition coefficient (Wildman–Crippen LogP) is 0.163. The largest absolute Gasteiger partial charge is 0.324 e. The Morgan fingerprint density at radius 3 is 2.50 bits per heavy atom. The van der Waals surface area contributed by atoms with Crippen molar-refractivity contribution in [3.8, 4) is 12.1 Å². The minimum absolute atomic E-state index is 0.261. The molecule has 10 heavy (non-hydrogen) atoms. The van der Waals surface area contributed by atoms with Gasteiger partial charge in [-0.15, -0.1) is 0 Å². The number of aromatic nitrogens is 2. The van der Waals surface area contributed by atoms with Crippen LogP contribution in [0, 0.1) is 22.7 Å². The molecule has 4 heteroatoms. The van der Waals surface area contributed by atoms with Gasteiger partial charge in [0.1, 0.15) is 12.1 Å². The fourth-order valence-electron chi connectivity index (χ4n) is 0.624. The molecular formula is C6H4N4. The highest BCUT2D eigenvalue weighted by molar-refractivity contribution is 5.23. The van der Waals surface area contributed by atoms with Gasteiger partial charge in [0.15, 0.2) is 5.69 Å². The molecule has 0 unspecified atom stereocenters. The fraction of sp³-hybridized carbons (Fsp3) is 0.167. The number of hydrogen-bond donors (Lipinski definition) is 0. The summed E-state index contributed by atoms with van der Waals surface area (Å²) < 4.78 is 1.51. The van der Waals surface area contributed by atoms with Gasteiger partial charge in [0.2, 0.25) is 5.82 Å². The van der Waals surface area contributed by atoms with Crippen LogP contribution >= 0.6 is 0 Å². The lowest BCUT2D eigenvalue weighted by molar-refractivity contribution is 0.889. The molecule has 0 saturated carbocycles. The molecule has 0 N–H and O–H groups in total. The summed E-state index contributed by atoms with van der Waals surface area (Å²) in [7, 11) is 1.67. The third-order valence-corrected chi connectivity index (χ3v) is 1.09. The number of rotatable bonds is 0. The minimum atomic E-state index is 0.261. The van der Waals surface area contributed by atoms with Gasteiger partial charge in [0, 0.05) is 13.2 Å². The molecule has 0 aliphatic heterocycles. The first-order valence-electron chi connectivity index (χ1n) is 2.61. The second-order valence-corrected chi connectivity index (χ2v) is 1.78. The zero-order chi connectivity index (χ0) is 7.56. The maximum absolute atomic E-state index is 8.38. The first kappa shape index (κ1) is 6.31. The van der Waals surface area contributed by atoms with Crippen LogP contribution in [0.3, 0.4) is 0 Å². The number of nitriles is 2. The molecule has 0 aromatic carbocycles. The van der Waals surface area contributed by atoms with Crippen molar-refractivity contribution in [2.24, 2.45) is 7.05 Å². The molecule has 0 saturated heterocycles. The lowest BCUT2D eigenvalue weighted by Crippen LogP contribution is -1.88. The summed E-state index contributed by atoms with van der Waals surface area (Å²) in [6.45, 7) is 0. The summed E-state index contributed by atoms with van der Waals surface area (Å²) >= 11 is 0. The maximum Gasteiger partial charge on any atom is 0.213 e. The maximum atomic E-state index is 8.38. The van der Waals surface area contributed by atoms with Crippen molar-refractivity contribution in [1.29, 1.82) is 10.5 Å². The highest BCUT2D eigenvalue weighted by Gasteiger charge is 2.00. The van der Waals surface area contributed by atoms with Crippen LogP contribution in [0.15, 0.2) is 6.20 Å². The van der Waals surface area contributed by atoms with Gasteiger partial charge < -0.3 is 4.57 Å². The number of hydrogen-bond acceptors (Lipinski definition) is 3. The van der Waals surface area contributed by atoms with Crippen molar-refractivity contribution in [2.45, 2.75) is 0 Å². The molecule has 0 aliphatic rings.